The van der Waals surface area contributed by atoms with E-state index in [9.17, 15) is 4.39 Å². The Kier molecular flexibility index (Phi) is 4.39. The molecule has 0 spiro atoms. The van der Waals surface area contributed by atoms with E-state index in [4.69, 9.17) is 9.26 Å². The fourth-order valence-electron chi connectivity index (χ4n) is 3.47. The number of rotatable bonds is 6. The summed E-state index contributed by atoms with van der Waals surface area (Å²) in [4.78, 5) is 13.3. The number of ether oxygens (including phenoxy) is 1. The minimum atomic E-state index is -0.336. The molecule has 0 atom stereocenters. The summed E-state index contributed by atoms with van der Waals surface area (Å²) in [6.07, 6.45) is 4.58. The first kappa shape index (κ1) is 17.7. The van der Waals surface area contributed by atoms with Crippen LogP contribution < -0.4 is 0 Å². The second kappa shape index (κ2) is 7.21. The first-order chi connectivity index (χ1) is 14.2. The van der Waals surface area contributed by atoms with Crippen LogP contribution in [0, 0.1) is 5.82 Å². The quantitative estimate of drug-likeness (QED) is 0.408. The van der Waals surface area contributed by atoms with E-state index in [0.717, 1.165) is 17.8 Å². The molecule has 0 radical (unpaired) electrons. The lowest BCUT2D eigenvalue weighted by Crippen LogP contribution is -2.06. The molecule has 0 fully saturated rings. The van der Waals surface area contributed by atoms with Gasteiger partial charge in [-0.25, -0.2) is 19.0 Å². The van der Waals surface area contributed by atoms with Gasteiger partial charge in [0.1, 0.15) is 24.2 Å². The maximum atomic E-state index is 13.9. The van der Waals surface area contributed by atoms with Crippen molar-refractivity contribution in [2.75, 3.05) is 13.2 Å². The van der Waals surface area contributed by atoms with Gasteiger partial charge >= 0.3 is 0 Å². The van der Waals surface area contributed by atoms with Crippen LogP contribution in [-0.4, -0.2) is 47.7 Å². The minimum absolute atomic E-state index is 0.336. The maximum Gasteiger partial charge on any atom is 0.227 e. The number of hydrogen-bond acceptors (Lipinski definition) is 7. The van der Waals surface area contributed by atoms with Crippen molar-refractivity contribution in [2.24, 2.45) is 0 Å². The molecule has 0 unspecified atom stereocenters. The highest BCUT2D eigenvalue weighted by molar-refractivity contribution is 5.70. The molecule has 9 nitrogen and oxygen atoms in total. The first-order valence-electron chi connectivity index (χ1n) is 9.39. The molecule has 4 aromatic rings. The Morgan fingerprint density at radius 2 is 2.21 bits per heavy atom. The van der Waals surface area contributed by atoms with Crippen molar-refractivity contribution in [3.63, 3.8) is 0 Å². The summed E-state index contributed by atoms with van der Waals surface area (Å²) in [5, 5.41) is 8.39. The molecule has 10 heteroatoms. The van der Waals surface area contributed by atoms with Crippen molar-refractivity contribution in [1.29, 1.82) is 0 Å². The second-order valence-corrected chi connectivity index (χ2v) is 6.62. The van der Waals surface area contributed by atoms with Gasteiger partial charge in [0.05, 0.1) is 17.9 Å². The minimum Gasteiger partial charge on any atom is -0.382 e. The summed E-state index contributed by atoms with van der Waals surface area (Å²) in [6, 6.07) is 4.58. The summed E-state index contributed by atoms with van der Waals surface area (Å²) >= 11 is 0. The van der Waals surface area contributed by atoms with Gasteiger partial charge in [-0.1, -0.05) is 5.16 Å². The number of fused-ring (bicyclic) bond motifs is 5. The van der Waals surface area contributed by atoms with Crippen LogP contribution in [0.5, 0.6) is 0 Å². The molecule has 0 saturated heterocycles. The fourth-order valence-corrected chi connectivity index (χ4v) is 3.47. The molecular weight excluding hydrogens is 377 g/mol. The van der Waals surface area contributed by atoms with E-state index >= 15 is 0 Å². The highest BCUT2D eigenvalue weighted by atomic mass is 19.1. The van der Waals surface area contributed by atoms with E-state index < -0.39 is 0 Å². The molecule has 0 saturated carbocycles. The SMILES string of the molecule is CCOCCCc1nc(-c2ncn3c2Cn2ncnc2-c2cc(F)ccc2-3)no1. The average Bonchev–Trinajstić information content (AvgIpc) is 3.44. The van der Waals surface area contributed by atoms with E-state index in [1.54, 1.807) is 17.1 Å². The molecule has 5 rings (SSSR count). The van der Waals surface area contributed by atoms with Crippen LogP contribution in [0.3, 0.4) is 0 Å². The largest absolute Gasteiger partial charge is 0.382 e. The third kappa shape index (κ3) is 3.11. The topological polar surface area (TPSA) is 96.7 Å². The number of nitrogens with zero attached hydrogens (tertiary/aromatic N) is 7. The lowest BCUT2D eigenvalue weighted by atomic mass is 10.1. The number of benzene rings is 1. The van der Waals surface area contributed by atoms with Crippen LogP contribution in [0.15, 0.2) is 35.4 Å². The highest BCUT2D eigenvalue weighted by Gasteiger charge is 2.26. The number of aromatic nitrogens is 7. The Hall–Kier alpha value is -3.40. The summed E-state index contributed by atoms with van der Waals surface area (Å²) in [5.41, 5.74) is 2.84. The summed E-state index contributed by atoms with van der Waals surface area (Å²) < 4.78 is 28.2. The summed E-state index contributed by atoms with van der Waals surface area (Å²) in [7, 11) is 0. The van der Waals surface area contributed by atoms with Gasteiger partial charge < -0.3 is 9.26 Å². The molecule has 0 bridgehead atoms. The van der Waals surface area contributed by atoms with Gasteiger partial charge in [0.25, 0.3) is 0 Å². The van der Waals surface area contributed by atoms with Crippen LogP contribution in [0.2, 0.25) is 0 Å². The monoisotopic (exact) mass is 395 g/mol. The third-order valence-corrected chi connectivity index (χ3v) is 4.80. The van der Waals surface area contributed by atoms with E-state index in [-0.39, 0.29) is 5.82 Å². The van der Waals surface area contributed by atoms with Crippen molar-refractivity contribution in [1.82, 2.24) is 34.5 Å². The van der Waals surface area contributed by atoms with Gasteiger partial charge in [0.15, 0.2) is 5.82 Å². The third-order valence-electron chi connectivity index (χ3n) is 4.80. The zero-order chi connectivity index (χ0) is 19.8. The van der Waals surface area contributed by atoms with Crippen LogP contribution in [-0.2, 0) is 17.7 Å². The first-order valence-corrected chi connectivity index (χ1v) is 9.39. The van der Waals surface area contributed by atoms with Crippen molar-refractivity contribution in [3.05, 3.63) is 48.3 Å². The van der Waals surface area contributed by atoms with Crippen LogP contribution in [0.4, 0.5) is 4.39 Å². The van der Waals surface area contributed by atoms with Gasteiger partial charge in [-0.2, -0.15) is 10.1 Å². The Morgan fingerprint density at radius 1 is 1.28 bits per heavy atom. The number of imidazole rings is 1. The lowest BCUT2D eigenvalue weighted by Gasteiger charge is -2.08. The molecule has 148 valence electrons. The number of hydrogen-bond donors (Lipinski definition) is 0. The highest BCUT2D eigenvalue weighted by Crippen LogP contribution is 2.33. The molecule has 4 heterocycles. The molecule has 0 aliphatic carbocycles. The Balaban J connectivity index is 1.53. The zero-order valence-corrected chi connectivity index (χ0v) is 15.7. The fraction of sp³-hybridized carbons (Fsp3) is 0.316. The Morgan fingerprint density at radius 3 is 3.10 bits per heavy atom. The standard InChI is InChI=1S/C19H18FN7O2/c1-2-28-7-3-4-16-24-18(25-29-16)17-15-9-27-19(21-10-23-27)13-8-12(20)5-6-14(13)26(15)11-22-17/h5-6,8,10-11H,2-4,7,9H2,1H3. The van der Waals surface area contributed by atoms with Crippen LogP contribution in [0.25, 0.3) is 28.6 Å². The van der Waals surface area contributed by atoms with Crippen LogP contribution >= 0.6 is 0 Å². The average molecular weight is 395 g/mol. The number of halogens is 1. The van der Waals surface area contributed by atoms with E-state index in [0.29, 0.717) is 55.0 Å². The van der Waals surface area contributed by atoms with Gasteiger partial charge in [0, 0.05) is 25.2 Å². The van der Waals surface area contributed by atoms with Crippen LogP contribution in [0.1, 0.15) is 24.9 Å². The molecule has 29 heavy (non-hydrogen) atoms. The van der Waals surface area contributed by atoms with Gasteiger partial charge in [-0.3, -0.25) is 4.57 Å². The Bertz CT molecular complexity index is 1160. The second-order valence-electron chi connectivity index (χ2n) is 6.62. The molecule has 1 aliphatic heterocycles. The van der Waals surface area contributed by atoms with Gasteiger partial charge in [-0.15, -0.1) is 0 Å². The number of aryl methyl sites for hydroxylation is 1. The van der Waals surface area contributed by atoms with Gasteiger partial charge in [-0.05, 0) is 31.5 Å². The summed E-state index contributed by atoms with van der Waals surface area (Å²) in [5.74, 6) is 1.22. The molecule has 0 N–H and O–H groups in total. The predicted octanol–water partition coefficient (Wildman–Crippen LogP) is 2.65. The van der Waals surface area contributed by atoms with Crippen molar-refractivity contribution >= 4 is 0 Å². The van der Waals surface area contributed by atoms with E-state index in [1.165, 1.54) is 18.5 Å². The predicted molar refractivity (Wildman–Crippen MR) is 99.7 cm³/mol. The zero-order valence-electron chi connectivity index (χ0n) is 15.7. The maximum absolute atomic E-state index is 13.9. The normalized spacial score (nSPS) is 12.3. The molecular formula is C19H18FN7O2. The smallest absolute Gasteiger partial charge is 0.227 e. The molecule has 3 aromatic heterocycles. The van der Waals surface area contributed by atoms with Crippen molar-refractivity contribution in [3.8, 4) is 28.6 Å². The van der Waals surface area contributed by atoms with Gasteiger partial charge in [0.2, 0.25) is 11.7 Å². The van der Waals surface area contributed by atoms with E-state index in [2.05, 4.69) is 25.2 Å². The van der Waals surface area contributed by atoms with E-state index in [1.807, 2.05) is 11.5 Å². The summed E-state index contributed by atoms with van der Waals surface area (Å²) in [6.45, 7) is 3.69. The lowest BCUT2D eigenvalue weighted by molar-refractivity contribution is 0.143. The Labute approximate surface area is 165 Å². The van der Waals surface area contributed by atoms with Crippen molar-refractivity contribution < 1.29 is 13.7 Å². The molecule has 1 aliphatic rings. The van der Waals surface area contributed by atoms with Crippen molar-refractivity contribution in [2.45, 2.75) is 26.3 Å². The molecule has 1 aromatic carbocycles. The molecule has 0 amide bonds.